The van der Waals surface area contributed by atoms with Gasteiger partial charge < -0.3 is 14.6 Å². The van der Waals surface area contributed by atoms with Crippen molar-refractivity contribution in [1.29, 1.82) is 0 Å². The van der Waals surface area contributed by atoms with Gasteiger partial charge >= 0.3 is 11.9 Å². The van der Waals surface area contributed by atoms with Crippen LogP contribution in [0.2, 0.25) is 0 Å². The Morgan fingerprint density at radius 3 is 1.07 bits per heavy atom. The highest BCUT2D eigenvalue weighted by molar-refractivity contribution is 5.70. The molecule has 0 heterocycles. The fourth-order valence-electron chi connectivity index (χ4n) is 7.16. The molecule has 328 valence electrons. The molecule has 0 unspecified atom stereocenters. The van der Waals surface area contributed by atoms with Gasteiger partial charge in [0.05, 0.1) is 6.61 Å². The lowest BCUT2D eigenvalue weighted by Gasteiger charge is -2.15. The van der Waals surface area contributed by atoms with Gasteiger partial charge in [0.15, 0.2) is 6.10 Å². The number of carbonyl (C=O) groups excluding carboxylic acids is 2. The van der Waals surface area contributed by atoms with E-state index in [1.807, 2.05) is 0 Å². The van der Waals surface area contributed by atoms with Gasteiger partial charge in [0.2, 0.25) is 0 Å². The molecule has 0 fully saturated rings. The van der Waals surface area contributed by atoms with Crippen LogP contribution in [0.25, 0.3) is 0 Å². The number of allylic oxidation sites excluding steroid dienone is 6. The summed E-state index contributed by atoms with van der Waals surface area (Å²) in [5.41, 5.74) is 0. The molecule has 0 aliphatic rings. The zero-order chi connectivity index (χ0) is 40.7. The average Bonchev–Trinajstić information content (AvgIpc) is 3.20. The number of unbranched alkanes of at least 4 members (excludes halogenated alkanes) is 31. The molecule has 0 aromatic carbocycles. The van der Waals surface area contributed by atoms with E-state index in [0.717, 1.165) is 44.9 Å². The number of carbonyl (C=O) groups is 2. The molecule has 0 aromatic heterocycles. The molecule has 1 N–H and O–H groups in total. The minimum Gasteiger partial charge on any atom is -0.462 e. The van der Waals surface area contributed by atoms with Crippen LogP contribution in [-0.4, -0.2) is 36.4 Å². The molecule has 0 aliphatic carbocycles. The topological polar surface area (TPSA) is 72.8 Å². The largest absolute Gasteiger partial charge is 0.462 e. The summed E-state index contributed by atoms with van der Waals surface area (Å²) in [7, 11) is 0. The SMILES string of the molecule is CCCCCCCC/C=C/CCCCCCCCCCCC(=O)O[C@@H](CO)COC(=O)CCC/C=C/CC/C=C/CCCCCCCCCCCCCCCC. The molecule has 0 bridgehead atoms. The molecule has 5 nitrogen and oxygen atoms in total. The van der Waals surface area contributed by atoms with Crippen LogP contribution in [0.1, 0.15) is 258 Å². The van der Waals surface area contributed by atoms with Gasteiger partial charge in [-0.15, -0.1) is 0 Å². The van der Waals surface area contributed by atoms with Crippen molar-refractivity contribution in [3.8, 4) is 0 Å². The second-order valence-corrected chi connectivity index (χ2v) is 16.5. The molecule has 0 rings (SSSR count). The van der Waals surface area contributed by atoms with Crippen molar-refractivity contribution in [2.24, 2.45) is 0 Å². The van der Waals surface area contributed by atoms with E-state index in [2.05, 4.69) is 50.3 Å². The van der Waals surface area contributed by atoms with E-state index in [-0.39, 0.29) is 25.2 Å². The zero-order valence-electron chi connectivity index (χ0n) is 37.4. The lowest BCUT2D eigenvalue weighted by Crippen LogP contribution is -2.28. The van der Waals surface area contributed by atoms with Crippen LogP contribution in [0.4, 0.5) is 0 Å². The van der Waals surface area contributed by atoms with E-state index in [0.29, 0.717) is 12.8 Å². The molecule has 0 spiro atoms. The van der Waals surface area contributed by atoms with Gasteiger partial charge in [-0.25, -0.2) is 0 Å². The van der Waals surface area contributed by atoms with E-state index in [4.69, 9.17) is 9.47 Å². The van der Waals surface area contributed by atoms with Crippen LogP contribution >= 0.6 is 0 Å². The van der Waals surface area contributed by atoms with Crippen molar-refractivity contribution < 1.29 is 24.2 Å². The summed E-state index contributed by atoms with van der Waals surface area (Å²) in [6.45, 7) is 4.13. The molecule has 5 heteroatoms. The zero-order valence-corrected chi connectivity index (χ0v) is 37.4. The van der Waals surface area contributed by atoms with Crippen LogP contribution in [0.5, 0.6) is 0 Å². The van der Waals surface area contributed by atoms with E-state index in [1.54, 1.807) is 0 Å². The molecular weight excluding hydrogens is 693 g/mol. The van der Waals surface area contributed by atoms with Crippen molar-refractivity contribution in [3.63, 3.8) is 0 Å². The van der Waals surface area contributed by atoms with Crippen LogP contribution in [0.3, 0.4) is 0 Å². The van der Waals surface area contributed by atoms with Crippen molar-refractivity contribution in [2.75, 3.05) is 13.2 Å². The van der Waals surface area contributed by atoms with E-state index < -0.39 is 6.10 Å². The molecule has 0 aromatic rings. The maximum atomic E-state index is 12.2. The maximum absolute atomic E-state index is 12.2. The fourth-order valence-corrected chi connectivity index (χ4v) is 7.16. The summed E-state index contributed by atoms with van der Waals surface area (Å²) in [5.74, 6) is -0.633. The molecule has 0 amide bonds. The molecule has 0 saturated heterocycles. The number of aliphatic hydroxyl groups excluding tert-OH is 1. The monoisotopic (exact) mass is 787 g/mol. The summed E-state index contributed by atoms with van der Waals surface area (Å²) in [6.07, 6.45) is 59.6. The van der Waals surface area contributed by atoms with Crippen molar-refractivity contribution in [1.82, 2.24) is 0 Å². The Hall–Kier alpha value is -1.88. The number of rotatable bonds is 45. The molecule has 0 radical (unpaired) electrons. The molecular formula is C51H94O5. The summed E-state index contributed by atoms with van der Waals surface area (Å²) < 4.78 is 10.6. The van der Waals surface area contributed by atoms with Crippen LogP contribution < -0.4 is 0 Å². The van der Waals surface area contributed by atoms with Crippen molar-refractivity contribution in [2.45, 2.75) is 264 Å². The lowest BCUT2D eigenvalue weighted by molar-refractivity contribution is -0.161. The first-order chi connectivity index (χ1) is 27.6. The smallest absolute Gasteiger partial charge is 0.306 e. The Labute approximate surface area is 348 Å². The average molecular weight is 787 g/mol. The third-order valence-electron chi connectivity index (χ3n) is 10.9. The third kappa shape index (κ3) is 44.8. The van der Waals surface area contributed by atoms with E-state index in [9.17, 15) is 14.7 Å². The quantitative estimate of drug-likeness (QED) is 0.0378. The highest BCUT2D eigenvalue weighted by Gasteiger charge is 2.16. The predicted molar refractivity (Wildman–Crippen MR) is 242 cm³/mol. The first-order valence-corrected chi connectivity index (χ1v) is 24.5. The van der Waals surface area contributed by atoms with Gasteiger partial charge in [0.1, 0.15) is 6.61 Å². The first-order valence-electron chi connectivity index (χ1n) is 24.5. The van der Waals surface area contributed by atoms with Gasteiger partial charge in [-0.05, 0) is 70.6 Å². The highest BCUT2D eigenvalue weighted by Crippen LogP contribution is 2.15. The summed E-state index contributed by atoms with van der Waals surface area (Å²) in [4.78, 5) is 24.4. The highest BCUT2D eigenvalue weighted by atomic mass is 16.6. The molecule has 0 aliphatic heterocycles. The molecule has 56 heavy (non-hydrogen) atoms. The second kappa shape index (κ2) is 47.5. The van der Waals surface area contributed by atoms with E-state index >= 15 is 0 Å². The molecule has 0 saturated carbocycles. The summed E-state index contributed by atoms with van der Waals surface area (Å²) >= 11 is 0. The number of ether oxygens (including phenoxy) is 2. The van der Waals surface area contributed by atoms with Gasteiger partial charge in [0.25, 0.3) is 0 Å². The van der Waals surface area contributed by atoms with Crippen LogP contribution in [-0.2, 0) is 19.1 Å². The van der Waals surface area contributed by atoms with Gasteiger partial charge in [-0.2, -0.15) is 0 Å². The summed E-state index contributed by atoms with van der Waals surface area (Å²) in [5, 5.41) is 9.60. The van der Waals surface area contributed by atoms with E-state index in [1.165, 1.54) is 186 Å². The Morgan fingerprint density at radius 2 is 0.696 bits per heavy atom. The number of aliphatic hydroxyl groups is 1. The van der Waals surface area contributed by atoms with Gasteiger partial charge in [-0.3, -0.25) is 9.59 Å². The summed E-state index contributed by atoms with van der Waals surface area (Å²) in [6, 6.07) is 0. The Kier molecular flexibility index (Phi) is 45.9. The first kappa shape index (κ1) is 54.1. The second-order valence-electron chi connectivity index (χ2n) is 16.5. The predicted octanol–water partition coefficient (Wildman–Crippen LogP) is 16.0. The Morgan fingerprint density at radius 1 is 0.393 bits per heavy atom. The number of hydrogen-bond donors (Lipinski definition) is 1. The Balaban J connectivity index is 3.54. The van der Waals surface area contributed by atoms with Crippen LogP contribution in [0, 0.1) is 0 Å². The number of hydrogen-bond acceptors (Lipinski definition) is 5. The van der Waals surface area contributed by atoms with Crippen molar-refractivity contribution in [3.05, 3.63) is 36.5 Å². The van der Waals surface area contributed by atoms with Gasteiger partial charge in [-0.1, -0.05) is 211 Å². The van der Waals surface area contributed by atoms with Crippen molar-refractivity contribution >= 4 is 11.9 Å². The fraction of sp³-hybridized carbons (Fsp3) is 0.843. The van der Waals surface area contributed by atoms with Crippen LogP contribution in [0.15, 0.2) is 36.5 Å². The minimum atomic E-state index is -0.787. The maximum Gasteiger partial charge on any atom is 0.306 e. The third-order valence-corrected chi connectivity index (χ3v) is 10.9. The number of esters is 2. The lowest BCUT2D eigenvalue weighted by atomic mass is 10.0. The Bertz CT molecular complexity index is 893. The minimum absolute atomic E-state index is 0.0852. The standard InChI is InChI=1S/C51H94O5/c1-3-5-7-9-11-13-15-17-19-21-23-24-25-26-28-29-31-33-35-37-39-41-43-45-50(53)55-48-49(47-52)56-51(54)46-44-42-40-38-36-34-32-30-27-22-20-18-16-14-12-10-8-6-4-2/h18,20,29,31,37,39,49,52H,3-17,19,21-28,30,32-36,38,40-48H2,1-2H3/b20-18+,31-29+,39-37+/t49-/m0/s1. The molecule has 1 atom stereocenters. The normalized spacial score (nSPS) is 12.4. The van der Waals surface area contributed by atoms with Gasteiger partial charge in [0, 0.05) is 12.8 Å².